The second-order valence-electron chi connectivity index (χ2n) is 6.35. The van der Waals surface area contributed by atoms with E-state index in [2.05, 4.69) is 0 Å². The van der Waals surface area contributed by atoms with E-state index in [0.717, 1.165) is 24.3 Å². The van der Waals surface area contributed by atoms with Crippen molar-refractivity contribution < 1.29 is 32.7 Å². The second kappa shape index (κ2) is 8.88. The number of benzene rings is 1. The van der Waals surface area contributed by atoms with E-state index in [0.29, 0.717) is 39.0 Å². The molecule has 0 aliphatic carbocycles. The number of amides is 2. The van der Waals surface area contributed by atoms with Crippen molar-refractivity contribution in [1.82, 2.24) is 9.80 Å². The van der Waals surface area contributed by atoms with E-state index in [1.54, 1.807) is 4.90 Å². The summed E-state index contributed by atoms with van der Waals surface area (Å²) in [6.45, 7) is 1.32. The molecule has 1 saturated heterocycles. The lowest BCUT2D eigenvalue weighted by Gasteiger charge is -2.35. The molecule has 0 saturated carbocycles. The summed E-state index contributed by atoms with van der Waals surface area (Å²) in [4.78, 5) is 38.1. The van der Waals surface area contributed by atoms with Crippen molar-refractivity contribution in [2.24, 2.45) is 0 Å². The van der Waals surface area contributed by atoms with Gasteiger partial charge in [-0.1, -0.05) is 0 Å². The van der Waals surface area contributed by atoms with E-state index >= 15 is 0 Å². The highest BCUT2D eigenvalue weighted by molar-refractivity contribution is 5.94. The Morgan fingerprint density at radius 2 is 1.41 bits per heavy atom. The Balaban J connectivity index is 1.81. The lowest BCUT2D eigenvalue weighted by Crippen LogP contribution is -2.50. The first-order valence-electron chi connectivity index (χ1n) is 8.64. The Bertz CT molecular complexity index is 681. The molecule has 1 aromatic carbocycles. The zero-order valence-electron chi connectivity index (χ0n) is 14.7. The van der Waals surface area contributed by atoms with E-state index < -0.39 is 17.7 Å². The smallest absolute Gasteiger partial charge is 0.416 e. The molecule has 27 heavy (non-hydrogen) atoms. The van der Waals surface area contributed by atoms with Gasteiger partial charge in [0.1, 0.15) is 0 Å². The van der Waals surface area contributed by atoms with Crippen LogP contribution in [0.3, 0.4) is 0 Å². The molecule has 1 aliphatic rings. The predicted octanol–water partition coefficient (Wildman–Crippen LogP) is 2.63. The molecule has 1 aromatic rings. The van der Waals surface area contributed by atoms with Crippen LogP contribution < -0.4 is 0 Å². The number of carboxylic acids is 1. The molecule has 1 N–H and O–H groups in total. The zero-order valence-corrected chi connectivity index (χ0v) is 14.7. The van der Waals surface area contributed by atoms with Gasteiger partial charge in [0.2, 0.25) is 5.91 Å². The van der Waals surface area contributed by atoms with Crippen LogP contribution in [0.25, 0.3) is 0 Å². The first kappa shape index (κ1) is 20.7. The normalized spacial score (nSPS) is 14.9. The molecule has 0 unspecified atom stereocenters. The molecule has 148 valence electrons. The highest BCUT2D eigenvalue weighted by Gasteiger charge is 2.31. The van der Waals surface area contributed by atoms with Crippen LogP contribution in [0.2, 0.25) is 0 Å². The number of piperazine rings is 1. The van der Waals surface area contributed by atoms with Crippen LogP contribution in [0, 0.1) is 0 Å². The van der Waals surface area contributed by atoms with Gasteiger partial charge in [-0.15, -0.1) is 0 Å². The molecule has 0 spiro atoms. The molecule has 0 radical (unpaired) electrons. The number of unbranched alkanes of at least 4 members (excludes halogenated alkanes) is 1. The number of nitrogens with zero attached hydrogens (tertiary/aromatic N) is 2. The first-order valence-corrected chi connectivity index (χ1v) is 8.64. The van der Waals surface area contributed by atoms with E-state index in [1.165, 1.54) is 4.90 Å². The Hall–Kier alpha value is -2.58. The minimum Gasteiger partial charge on any atom is -0.481 e. The maximum absolute atomic E-state index is 12.6. The Labute approximate surface area is 154 Å². The molecule has 2 amide bonds. The molecular weight excluding hydrogens is 365 g/mol. The van der Waals surface area contributed by atoms with Gasteiger partial charge in [0.25, 0.3) is 5.91 Å². The van der Waals surface area contributed by atoms with Crippen molar-refractivity contribution in [2.45, 2.75) is 31.9 Å². The van der Waals surface area contributed by atoms with Gasteiger partial charge < -0.3 is 14.9 Å². The van der Waals surface area contributed by atoms with Gasteiger partial charge in [-0.3, -0.25) is 14.4 Å². The van der Waals surface area contributed by atoms with Crippen molar-refractivity contribution in [3.63, 3.8) is 0 Å². The van der Waals surface area contributed by atoms with E-state index in [9.17, 15) is 27.6 Å². The van der Waals surface area contributed by atoms with Crippen molar-refractivity contribution >= 4 is 17.8 Å². The predicted molar refractivity (Wildman–Crippen MR) is 90.0 cm³/mol. The fraction of sp³-hybridized carbons (Fsp3) is 0.500. The van der Waals surface area contributed by atoms with Crippen molar-refractivity contribution in [3.8, 4) is 0 Å². The van der Waals surface area contributed by atoms with Gasteiger partial charge in [0.05, 0.1) is 5.56 Å². The standard InChI is InChI=1S/C18H21F3N2O4/c19-18(20,21)14-7-5-13(6-8-14)17(27)23-11-9-22(10-12-23)15(24)3-1-2-4-16(25)26/h5-8H,1-4,9-12H2,(H,25,26). The Morgan fingerprint density at radius 1 is 0.889 bits per heavy atom. The number of hydrogen-bond donors (Lipinski definition) is 1. The first-order chi connectivity index (χ1) is 12.7. The summed E-state index contributed by atoms with van der Waals surface area (Å²) in [6, 6.07) is 4.07. The van der Waals surface area contributed by atoms with Gasteiger partial charge >= 0.3 is 12.1 Å². The molecule has 9 heteroatoms. The average Bonchev–Trinajstić information content (AvgIpc) is 2.64. The van der Waals surface area contributed by atoms with Gasteiger partial charge in [0, 0.05) is 44.6 Å². The van der Waals surface area contributed by atoms with Crippen LogP contribution in [-0.4, -0.2) is 58.9 Å². The number of carboxylic acid groups (broad SMARTS) is 1. The summed E-state index contributed by atoms with van der Waals surface area (Å²) < 4.78 is 37.7. The lowest BCUT2D eigenvalue weighted by molar-refractivity contribution is -0.138. The molecule has 1 fully saturated rings. The van der Waals surface area contributed by atoms with Crippen molar-refractivity contribution in [2.75, 3.05) is 26.2 Å². The largest absolute Gasteiger partial charge is 0.481 e. The quantitative estimate of drug-likeness (QED) is 0.763. The third kappa shape index (κ3) is 5.97. The topological polar surface area (TPSA) is 77.9 Å². The number of carbonyl (C=O) groups excluding carboxylic acids is 2. The summed E-state index contributed by atoms with van der Waals surface area (Å²) in [7, 11) is 0. The number of hydrogen-bond acceptors (Lipinski definition) is 3. The van der Waals surface area contributed by atoms with Crippen LogP contribution in [0.4, 0.5) is 13.2 Å². The van der Waals surface area contributed by atoms with Gasteiger partial charge in [-0.2, -0.15) is 13.2 Å². The monoisotopic (exact) mass is 386 g/mol. The number of carbonyl (C=O) groups is 3. The summed E-state index contributed by atoms with van der Waals surface area (Å²) in [5.41, 5.74) is -0.631. The van der Waals surface area contributed by atoms with E-state index in [1.807, 2.05) is 0 Å². The van der Waals surface area contributed by atoms with Crippen molar-refractivity contribution in [1.29, 1.82) is 0 Å². The highest BCUT2D eigenvalue weighted by atomic mass is 19.4. The Morgan fingerprint density at radius 3 is 1.93 bits per heavy atom. The SMILES string of the molecule is O=C(O)CCCCC(=O)N1CCN(C(=O)c2ccc(C(F)(F)F)cc2)CC1. The van der Waals surface area contributed by atoms with E-state index in [4.69, 9.17) is 5.11 Å². The van der Waals surface area contributed by atoms with E-state index in [-0.39, 0.29) is 30.2 Å². The third-order valence-electron chi connectivity index (χ3n) is 4.41. The van der Waals surface area contributed by atoms with Gasteiger partial charge in [0.15, 0.2) is 0 Å². The fourth-order valence-electron chi connectivity index (χ4n) is 2.85. The summed E-state index contributed by atoms with van der Waals surface area (Å²) in [5.74, 6) is -1.34. The maximum Gasteiger partial charge on any atom is 0.416 e. The fourth-order valence-corrected chi connectivity index (χ4v) is 2.85. The average molecular weight is 386 g/mol. The molecule has 1 heterocycles. The summed E-state index contributed by atoms with van der Waals surface area (Å²) >= 11 is 0. The van der Waals surface area contributed by atoms with Crippen LogP contribution in [0.15, 0.2) is 24.3 Å². The molecule has 1 aliphatic heterocycles. The minimum absolute atomic E-state index is 0.0304. The highest BCUT2D eigenvalue weighted by Crippen LogP contribution is 2.29. The van der Waals surface area contributed by atoms with Crippen LogP contribution in [0.1, 0.15) is 41.6 Å². The molecular formula is C18H21F3N2O4. The molecule has 0 bridgehead atoms. The maximum atomic E-state index is 12.6. The number of aliphatic carboxylic acids is 1. The third-order valence-corrected chi connectivity index (χ3v) is 4.41. The Kier molecular flexibility index (Phi) is 6.81. The molecule has 2 rings (SSSR count). The van der Waals surface area contributed by atoms with Gasteiger partial charge in [-0.25, -0.2) is 0 Å². The van der Waals surface area contributed by atoms with Crippen LogP contribution in [-0.2, 0) is 15.8 Å². The second-order valence-corrected chi connectivity index (χ2v) is 6.35. The zero-order chi connectivity index (χ0) is 20.0. The minimum atomic E-state index is -4.45. The van der Waals surface area contributed by atoms with Crippen molar-refractivity contribution in [3.05, 3.63) is 35.4 Å². The number of rotatable bonds is 6. The van der Waals surface area contributed by atoms with Crippen LogP contribution >= 0.6 is 0 Å². The molecule has 0 atom stereocenters. The molecule has 0 aromatic heterocycles. The summed E-state index contributed by atoms with van der Waals surface area (Å²) in [6.07, 6.45) is -3.22. The lowest BCUT2D eigenvalue weighted by atomic mass is 10.1. The molecule has 6 nitrogen and oxygen atoms in total. The van der Waals surface area contributed by atoms with Crippen LogP contribution in [0.5, 0.6) is 0 Å². The number of alkyl halides is 3. The number of halogens is 3. The summed E-state index contributed by atoms with van der Waals surface area (Å²) in [5, 5.41) is 8.57. The van der Waals surface area contributed by atoms with Gasteiger partial charge in [-0.05, 0) is 37.1 Å².